The zero-order valence-corrected chi connectivity index (χ0v) is 25.9. The van der Waals surface area contributed by atoms with Crippen LogP contribution in [0.15, 0.2) is 93.9 Å². The summed E-state index contributed by atoms with van der Waals surface area (Å²) in [5, 5.41) is 8.19. The summed E-state index contributed by atoms with van der Waals surface area (Å²) in [5.74, 6) is -0.427. The molecule has 0 saturated heterocycles. The molecule has 8 nitrogen and oxygen atoms in total. The molecule has 0 aliphatic rings. The van der Waals surface area contributed by atoms with Gasteiger partial charge in [-0.1, -0.05) is 74.0 Å². The molecule has 2 N–H and O–H groups in total. The average molecular weight is 655 g/mol. The highest BCUT2D eigenvalue weighted by Gasteiger charge is 2.37. The molecule has 1 amide bonds. The lowest BCUT2D eigenvalue weighted by molar-refractivity contribution is -0.138. The number of halogens is 3. The van der Waals surface area contributed by atoms with Crippen LogP contribution in [0.25, 0.3) is 11.1 Å². The summed E-state index contributed by atoms with van der Waals surface area (Å²) in [5.41, 5.74) is 0.0543. The van der Waals surface area contributed by atoms with Gasteiger partial charge in [0.05, 0.1) is 21.4 Å². The molecule has 45 heavy (non-hydrogen) atoms. The predicted octanol–water partition coefficient (Wildman–Crippen LogP) is 6.73. The highest BCUT2D eigenvalue weighted by molar-refractivity contribution is 7.90. The number of amides is 1. The standard InChI is InChI=1S/C32H29F3N4O4S2/c1-3-4-13-27-36-37-31(41)39(27)28(24-10-5-7-11-25(24)32(33,34)35)22-16-14-21(15-17-22)23-9-6-8-12-26(23)45(42,43)38-30(40)29-20(2)18-19-44-29/h5-12,14-19,28H,3-4,13H2,1-2H3,(H,37,41)(H,38,40). The maximum absolute atomic E-state index is 14.2. The summed E-state index contributed by atoms with van der Waals surface area (Å²) in [6.45, 7) is 3.66. The molecule has 0 bridgehead atoms. The zero-order chi connectivity index (χ0) is 32.4. The van der Waals surface area contributed by atoms with Gasteiger partial charge in [0.2, 0.25) is 0 Å². The highest BCUT2D eigenvalue weighted by atomic mass is 32.2. The van der Waals surface area contributed by atoms with Crippen LogP contribution in [0.3, 0.4) is 0 Å². The van der Waals surface area contributed by atoms with E-state index in [1.807, 2.05) is 6.92 Å². The highest BCUT2D eigenvalue weighted by Crippen LogP contribution is 2.39. The number of aryl methyl sites for hydroxylation is 2. The number of aromatic amines is 1. The molecule has 1 atom stereocenters. The molecule has 0 spiro atoms. The van der Waals surface area contributed by atoms with Gasteiger partial charge in [-0.05, 0) is 59.2 Å². The van der Waals surface area contributed by atoms with Gasteiger partial charge < -0.3 is 0 Å². The second-order valence-electron chi connectivity index (χ2n) is 10.4. The largest absolute Gasteiger partial charge is 0.416 e. The van der Waals surface area contributed by atoms with E-state index in [0.717, 1.165) is 23.8 Å². The minimum absolute atomic E-state index is 0.131. The maximum Gasteiger partial charge on any atom is 0.416 e. The van der Waals surface area contributed by atoms with Crippen molar-refractivity contribution in [2.24, 2.45) is 0 Å². The van der Waals surface area contributed by atoms with Crippen LogP contribution in [0.5, 0.6) is 0 Å². The summed E-state index contributed by atoms with van der Waals surface area (Å²) in [6, 6.07) is 18.0. The first-order valence-corrected chi connectivity index (χ1v) is 16.4. The van der Waals surface area contributed by atoms with Crippen molar-refractivity contribution in [2.75, 3.05) is 0 Å². The fourth-order valence-corrected chi connectivity index (χ4v) is 7.26. The Labute approximate surface area is 261 Å². The minimum atomic E-state index is -4.69. The average Bonchev–Trinajstić information content (AvgIpc) is 3.61. The van der Waals surface area contributed by atoms with Crippen LogP contribution in [0.2, 0.25) is 0 Å². The molecule has 0 aliphatic heterocycles. The third kappa shape index (κ3) is 6.64. The van der Waals surface area contributed by atoms with Crippen molar-refractivity contribution in [1.82, 2.24) is 19.5 Å². The normalized spacial score (nSPS) is 12.6. The third-order valence-electron chi connectivity index (χ3n) is 7.36. The van der Waals surface area contributed by atoms with E-state index in [1.54, 1.807) is 54.8 Å². The lowest BCUT2D eigenvalue weighted by Crippen LogP contribution is -2.30. The fraction of sp³-hybridized carbons (Fsp3) is 0.219. The number of benzene rings is 3. The Bertz CT molecular complexity index is 2000. The summed E-state index contributed by atoms with van der Waals surface area (Å²) >= 11 is 1.13. The number of thiophene rings is 1. The number of nitrogens with zero attached hydrogens (tertiary/aromatic N) is 2. The summed E-state index contributed by atoms with van der Waals surface area (Å²) in [6.07, 6.45) is -2.86. The van der Waals surface area contributed by atoms with Crippen molar-refractivity contribution in [2.45, 2.75) is 50.2 Å². The Kier molecular flexibility index (Phi) is 9.12. The van der Waals surface area contributed by atoms with E-state index in [-0.39, 0.29) is 20.9 Å². The molecule has 2 aromatic heterocycles. The molecule has 5 rings (SSSR count). The number of hydrogen-bond acceptors (Lipinski definition) is 6. The molecular weight excluding hydrogens is 626 g/mol. The van der Waals surface area contributed by atoms with Crippen LogP contribution in [0.1, 0.15) is 63.6 Å². The van der Waals surface area contributed by atoms with Gasteiger partial charge in [0, 0.05) is 12.0 Å². The van der Waals surface area contributed by atoms with E-state index < -0.39 is 39.4 Å². The summed E-state index contributed by atoms with van der Waals surface area (Å²) in [7, 11) is -4.30. The third-order valence-corrected chi connectivity index (χ3v) is 9.76. The van der Waals surface area contributed by atoms with Crippen molar-refractivity contribution in [3.05, 3.63) is 128 Å². The molecule has 13 heteroatoms. The number of alkyl halides is 3. The van der Waals surface area contributed by atoms with E-state index in [2.05, 4.69) is 14.9 Å². The van der Waals surface area contributed by atoms with Gasteiger partial charge in [0.1, 0.15) is 5.82 Å². The van der Waals surface area contributed by atoms with E-state index in [1.165, 1.54) is 34.9 Å². The molecule has 5 aromatic rings. The predicted molar refractivity (Wildman–Crippen MR) is 166 cm³/mol. The Morgan fingerprint density at radius 1 is 1.02 bits per heavy atom. The van der Waals surface area contributed by atoms with Gasteiger partial charge in [0.15, 0.2) is 0 Å². The van der Waals surface area contributed by atoms with Crippen LogP contribution in [0.4, 0.5) is 13.2 Å². The number of nitrogens with one attached hydrogen (secondary N) is 2. The molecule has 0 radical (unpaired) electrons. The molecule has 0 aliphatic carbocycles. The van der Waals surface area contributed by atoms with Gasteiger partial charge in [-0.15, -0.1) is 11.3 Å². The molecule has 1 unspecified atom stereocenters. The number of H-pyrrole nitrogens is 1. The Balaban J connectivity index is 1.59. The van der Waals surface area contributed by atoms with Gasteiger partial charge >= 0.3 is 11.9 Å². The Hall–Kier alpha value is -4.49. The van der Waals surface area contributed by atoms with E-state index in [4.69, 9.17) is 0 Å². The lowest BCUT2D eigenvalue weighted by atomic mass is 9.92. The van der Waals surface area contributed by atoms with E-state index >= 15 is 0 Å². The second kappa shape index (κ2) is 12.9. The first-order chi connectivity index (χ1) is 21.4. The smallest absolute Gasteiger partial charge is 0.267 e. The second-order valence-corrected chi connectivity index (χ2v) is 13.0. The SMILES string of the molecule is CCCCc1n[nH]c(=O)n1C(c1ccc(-c2ccccc2S(=O)(=O)NC(=O)c2sccc2C)cc1)c1ccccc1C(F)(F)F. The topological polar surface area (TPSA) is 114 Å². The number of unbranched alkanes of at least 4 members (excludes halogenated alkanes) is 1. The molecule has 3 aromatic carbocycles. The van der Waals surface area contributed by atoms with Crippen LogP contribution < -0.4 is 10.4 Å². The first-order valence-electron chi connectivity index (χ1n) is 14.0. The van der Waals surface area contributed by atoms with Crippen LogP contribution in [-0.4, -0.2) is 29.1 Å². The van der Waals surface area contributed by atoms with E-state index in [9.17, 15) is 31.2 Å². The molecule has 0 saturated carbocycles. The maximum atomic E-state index is 14.2. The van der Waals surface area contributed by atoms with Crippen LogP contribution in [0, 0.1) is 6.92 Å². The number of hydrogen-bond donors (Lipinski definition) is 2. The van der Waals surface area contributed by atoms with Gasteiger partial charge in [-0.25, -0.2) is 23.0 Å². The molecule has 234 valence electrons. The lowest BCUT2D eigenvalue weighted by Gasteiger charge is -2.24. The fourth-order valence-electron chi connectivity index (χ4n) is 5.19. The summed E-state index contributed by atoms with van der Waals surface area (Å²) < 4.78 is 72.8. The minimum Gasteiger partial charge on any atom is -0.267 e. The van der Waals surface area contributed by atoms with Crippen molar-refractivity contribution < 1.29 is 26.4 Å². The summed E-state index contributed by atoms with van der Waals surface area (Å²) in [4.78, 5) is 25.9. The number of sulfonamides is 1. The Morgan fingerprint density at radius 3 is 2.38 bits per heavy atom. The van der Waals surface area contributed by atoms with Gasteiger partial charge in [-0.2, -0.15) is 18.3 Å². The quantitative estimate of drug-likeness (QED) is 0.174. The Morgan fingerprint density at radius 2 is 1.71 bits per heavy atom. The van der Waals surface area contributed by atoms with Gasteiger partial charge in [0.25, 0.3) is 15.9 Å². The van der Waals surface area contributed by atoms with Crippen molar-refractivity contribution in [3.63, 3.8) is 0 Å². The van der Waals surface area contributed by atoms with E-state index in [0.29, 0.717) is 35.4 Å². The zero-order valence-electron chi connectivity index (χ0n) is 24.3. The molecule has 2 heterocycles. The molecular formula is C32H29F3N4O4S2. The van der Waals surface area contributed by atoms with Gasteiger partial charge in [-0.3, -0.25) is 9.36 Å². The number of carbonyl (C=O) groups excluding carboxylic acids is 1. The number of carbonyl (C=O) groups is 1. The van der Waals surface area contributed by atoms with Crippen molar-refractivity contribution in [1.29, 1.82) is 0 Å². The monoisotopic (exact) mass is 654 g/mol. The molecule has 0 fully saturated rings. The van der Waals surface area contributed by atoms with Crippen LogP contribution >= 0.6 is 11.3 Å². The number of aromatic nitrogens is 3. The van der Waals surface area contributed by atoms with Crippen molar-refractivity contribution >= 4 is 27.3 Å². The van der Waals surface area contributed by atoms with Crippen LogP contribution in [-0.2, 0) is 22.6 Å². The number of rotatable bonds is 10. The first kappa shape index (κ1) is 31.9. The van der Waals surface area contributed by atoms with Crippen molar-refractivity contribution in [3.8, 4) is 11.1 Å².